The molecule has 2 nitrogen and oxygen atoms in total. The van der Waals surface area contributed by atoms with Crippen molar-refractivity contribution >= 4 is 5.97 Å². The molecule has 0 bridgehead atoms. The molecule has 106 valence electrons. The van der Waals surface area contributed by atoms with Crippen LogP contribution in [0.15, 0.2) is 12.7 Å². The summed E-state index contributed by atoms with van der Waals surface area (Å²) in [5.74, 6) is -0.308. The number of hydrogen-bond donors (Lipinski definition) is 0. The van der Waals surface area contributed by atoms with Gasteiger partial charge in [0, 0.05) is 11.5 Å². The van der Waals surface area contributed by atoms with E-state index in [1.165, 1.54) is 44.6 Å². The third-order valence-electron chi connectivity index (χ3n) is 3.72. The highest BCUT2D eigenvalue weighted by molar-refractivity contribution is 5.81. The van der Waals surface area contributed by atoms with Crippen LogP contribution in [0.5, 0.6) is 0 Å². The second-order valence-electron chi connectivity index (χ2n) is 5.49. The molecular weight excluding hydrogens is 224 g/mol. The van der Waals surface area contributed by atoms with E-state index in [9.17, 15) is 4.79 Å². The summed E-state index contributed by atoms with van der Waals surface area (Å²) in [5, 5.41) is 0. The van der Waals surface area contributed by atoms with Crippen molar-refractivity contribution in [3.05, 3.63) is 12.7 Å². The smallest absolute Gasteiger partial charge is 0.330 e. The van der Waals surface area contributed by atoms with Crippen LogP contribution in [0.2, 0.25) is 0 Å². The van der Waals surface area contributed by atoms with Crippen molar-refractivity contribution in [1.82, 2.24) is 0 Å². The fourth-order valence-corrected chi connectivity index (χ4v) is 1.99. The topological polar surface area (TPSA) is 26.3 Å². The SMILES string of the molecule is C=CC(=O)OCC(C)(CC)CCCCCCCC. The molecule has 1 unspecified atom stereocenters. The molecule has 0 aromatic rings. The lowest BCUT2D eigenvalue weighted by Crippen LogP contribution is -2.24. The highest BCUT2D eigenvalue weighted by atomic mass is 16.5. The summed E-state index contributed by atoms with van der Waals surface area (Å²) in [6.07, 6.45) is 11.3. The Balaban J connectivity index is 3.78. The monoisotopic (exact) mass is 254 g/mol. The second-order valence-corrected chi connectivity index (χ2v) is 5.49. The van der Waals surface area contributed by atoms with E-state index < -0.39 is 0 Å². The fourth-order valence-electron chi connectivity index (χ4n) is 1.99. The lowest BCUT2D eigenvalue weighted by molar-refractivity contribution is -0.141. The molecule has 0 aromatic carbocycles. The molecule has 0 aliphatic carbocycles. The Morgan fingerprint density at radius 1 is 1.17 bits per heavy atom. The molecular formula is C16H30O2. The molecule has 0 spiro atoms. The van der Waals surface area contributed by atoms with Crippen LogP contribution in [0.4, 0.5) is 0 Å². The predicted octanol–water partition coefficient (Wildman–Crippen LogP) is 4.88. The zero-order chi connectivity index (χ0) is 13.9. The summed E-state index contributed by atoms with van der Waals surface area (Å²) in [7, 11) is 0. The molecule has 0 N–H and O–H groups in total. The highest BCUT2D eigenvalue weighted by Gasteiger charge is 2.23. The van der Waals surface area contributed by atoms with E-state index in [0.717, 1.165) is 12.8 Å². The van der Waals surface area contributed by atoms with Gasteiger partial charge < -0.3 is 4.74 Å². The third kappa shape index (κ3) is 8.32. The molecule has 0 aromatic heterocycles. The molecule has 2 heteroatoms. The Morgan fingerprint density at radius 2 is 1.78 bits per heavy atom. The summed E-state index contributed by atoms with van der Waals surface area (Å²) >= 11 is 0. The first-order valence-corrected chi connectivity index (χ1v) is 7.37. The van der Waals surface area contributed by atoms with E-state index >= 15 is 0 Å². The number of ether oxygens (including phenoxy) is 1. The zero-order valence-electron chi connectivity index (χ0n) is 12.5. The number of unbranched alkanes of at least 4 members (excludes halogenated alkanes) is 5. The molecule has 0 rings (SSSR count). The van der Waals surface area contributed by atoms with E-state index in [2.05, 4.69) is 27.4 Å². The van der Waals surface area contributed by atoms with Crippen molar-refractivity contribution in [2.75, 3.05) is 6.61 Å². The van der Waals surface area contributed by atoms with Gasteiger partial charge in [-0.15, -0.1) is 0 Å². The number of carbonyl (C=O) groups excluding carboxylic acids is 1. The van der Waals surface area contributed by atoms with Crippen molar-refractivity contribution < 1.29 is 9.53 Å². The number of esters is 1. The summed E-state index contributed by atoms with van der Waals surface area (Å²) in [4.78, 5) is 11.1. The lowest BCUT2D eigenvalue weighted by atomic mass is 9.83. The molecule has 0 radical (unpaired) electrons. The first kappa shape index (κ1) is 17.2. The van der Waals surface area contributed by atoms with Crippen molar-refractivity contribution in [1.29, 1.82) is 0 Å². The standard InChI is InChI=1S/C16H30O2/c1-5-8-9-10-11-12-13-16(4,7-3)14-18-15(17)6-2/h6H,2,5,7-14H2,1,3-4H3. The van der Waals surface area contributed by atoms with E-state index in [0.29, 0.717) is 6.61 Å². The highest BCUT2D eigenvalue weighted by Crippen LogP contribution is 2.29. The average Bonchev–Trinajstić information content (AvgIpc) is 2.40. The van der Waals surface area contributed by atoms with E-state index in [4.69, 9.17) is 4.74 Å². The number of carbonyl (C=O) groups is 1. The van der Waals surface area contributed by atoms with Gasteiger partial charge in [0.25, 0.3) is 0 Å². The van der Waals surface area contributed by atoms with Crippen molar-refractivity contribution in [2.45, 2.75) is 72.1 Å². The van der Waals surface area contributed by atoms with Gasteiger partial charge in [0.05, 0.1) is 6.61 Å². The van der Waals surface area contributed by atoms with Gasteiger partial charge in [0.2, 0.25) is 0 Å². The molecule has 0 saturated heterocycles. The second kappa shape index (κ2) is 10.2. The summed E-state index contributed by atoms with van der Waals surface area (Å²) in [6, 6.07) is 0. The quantitative estimate of drug-likeness (QED) is 0.298. The van der Waals surface area contributed by atoms with Gasteiger partial charge in [-0.05, 0) is 12.8 Å². The summed E-state index contributed by atoms with van der Waals surface area (Å²) in [6.45, 7) is 10.5. The normalized spacial score (nSPS) is 13.9. The van der Waals surface area contributed by atoms with Crippen LogP contribution in [0.25, 0.3) is 0 Å². The largest absolute Gasteiger partial charge is 0.462 e. The Kier molecular flexibility index (Phi) is 9.72. The van der Waals surface area contributed by atoms with Crippen molar-refractivity contribution in [2.24, 2.45) is 5.41 Å². The Labute approximate surface area is 113 Å². The average molecular weight is 254 g/mol. The minimum Gasteiger partial charge on any atom is -0.462 e. The van der Waals surface area contributed by atoms with Crippen LogP contribution in [-0.4, -0.2) is 12.6 Å². The van der Waals surface area contributed by atoms with E-state index in [1.807, 2.05) is 0 Å². The van der Waals surface area contributed by atoms with Crippen LogP contribution >= 0.6 is 0 Å². The molecule has 0 heterocycles. The number of rotatable bonds is 11. The van der Waals surface area contributed by atoms with Crippen LogP contribution in [0.1, 0.15) is 72.1 Å². The van der Waals surface area contributed by atoms with Gasteiger partial charge in [0.15, 0.2) is 0 Å². The predicted molar refractivity (Wildman–Crippen MR) is 77.5 cm³/mol. The maximum Gasteiger partial charge on any atom is 0.330 e. The molecule has 0 amide bonds. The van der Waals surface area contributed by atoms with Crippen molar-refractivity contribution in [3.8, 4) is 0 Å². The van der Waals surface area contributed by atoms with Gasteiger partial charge >= 0.3 is 5.97 Å². The molecule has 0 aliphatic rings. The maximum atomic E-state index is 11.1. The summed E-state index contributed by atoms with van der Waals surface area (Å²) < 4.78 is 5.19. The van der Waals surface area contributed by atoms with E-state index in [1.54, 1.807) is 0 Å². The minimum atomic E-state index is -0.308. The zero-order valence-corrected chi connectivity index (χ0v) is 12.5. The number of hydrogen-bond acceptors (Lipinski definition) is 2. The first-order valence-electron chi connectivity index (χ1n) is 7.37. The van der Waals surface area contributed by atoms with Crippen molar-refractivity contribution in [3.63, 3.8) is 0 Å². The van der Waals surface area contributed by atoms with E-state index in [-0.39, 0.29) is 11.4 Å². The first-order chi connectivity index (χ1) is 8.58. The van der Waals surface area contributed by atoms with Gasteiger partial charge in [0.1, 0.15) is 0 Å². The molecule has 0 fully saturated rings. The van der Waals surface area contributed by atoms with Crippen LogP contribution in [0.3, 0.4) is 0 Å². The fraction of sp³-hybridized carbons (Fsp3) is 0.812. The Morgan fingerprint density at radius 3 is 2.33 bits per heavy atom. The third-order valence-corrected chi connectivity index (χ3v) is 3.72. The lowest BCUT2D eigenvalue weighted by Gasteiger charge is -2.27. The van der Waals surface area contributed by atoms with Gasteiger partial charge in [-0.1, -0.05) is 65.9 Å². The van der Waals surface area contributed by atoms with Crippen LogP contribution in [0, 0.1) is 5.41 Å². The van der Waals surface area contributed by atoms with Crippen LogP contribution < -0.4 is 0 Å². The molecule has 0 aliphatic heterocycles. The van der Waals surface area contributed by atoms with Crippen LogP contribution in [-0.2, 0) is 9.53 Å². The minimum absolute atomic E-state index is 0.128. The van der Waals surface area contributed by atoms with Gasteiger partial charge in [-0.25, -0.2) is 4.79 Å². The molecule has 1 atom stereocenters. The molecule has 0 saturated carbocycles. The Bertz CT molecular complexity index is 235. The van der Waals surface area contributed by atoms with Gasteiger partial charge in [-0.2, -0.15) is 0 Å². The molecule has 18 heavy (non-hydrogen) atoms. The Hall–Kier alpha value is -0.790. The summed E-state index contributed by atoms with van der Waals surface area (Å²) in [5.41, 5.74) is 0.128. The maximum absolute atomic E-state index is 11.1. The van der Waals surface area contributed by atoms with Gasteiger partial charge in [-0.3, -0.25) is 0 Å².